The van der Waals surface area contributed by atoms with Crippen LogP contribution in [0.1, 0.15) is 18.1 Å². The van der Waals surface area contributed by atoms with Crippen molar-refractivity contribution < 1.29 is 4.79 Å². The largest absolute Gasteiger partial charge is 0.348 e. The minimum absolute atomic E-state index is 0.134. The molecule has 3 heteroatoms. The van der Waals surface area contributed by atoms with Gasteiger partial charge in [-0.25, -0.2) is 0 Å². The highest BCUT2D eigenvalue weighted by atomic mass is 16.1. The van der Waals surface area contributed by atoms with E-state index in [9.17, 15) is 4.79 Å². The van der Waals surface area contributed by atoms with Gasteiger partial charge in [0.05, 0.1) is 0 Å². The van der Waals surface area contributed by atoms with E-state index in [0.717, 1.165) is 11.8 Å². The van der Waals surface area contributed by atoms with E-state index < -0.39 is 0 Å². The Hall–Kier alpha value is -1.90. The lowest BCUT2D eigenvalue weighted by Gasteiger charge is -2.05. The summed E-state index contributed by atoms with van der Waals surface area (Å²) in [5, 5.41) is 9.67. The molecule has 0 aliphatic heterocycles. The van der Waals surface area contributed by atoms with Crippen LogP contribution in [0.5, 0.6) is 0 Å². The molecular formula is C13H16N2O. The summed E-state index contributed by atoms with van der Waals surface area (Å²) < 4.78 is 0. The quantitative estimate of drug-likeness (QED) is 0.588. The Labute approximate surface area is 95.7 Å². The summed E-state index contributed by atoms with van der Waals surface area (Å²) in [5.74, 6) is -0.134. The normalized spacial score (nSPS) is 11.0. The Bertz CT molecular complexity index is 422. The maximum atomic E-state index is 11.5. The molecule has 1 aromatic rings. The molecule has 0 fully saturated rings. The molecule has 0 atom stereocenters. The summed E-state index contributed by atoms with van der Waals surface area (Å²) in [5.41, 5.74) is 2.80. The first-order valence-corrected chi connectivity index (χ1v) is 5.14. The molecule has 0 aliphatic rings. The van der Waals surface area contributed by atoms with Crippen molar-refractivity contribution in [3.63, 3.8) is 0 Å². The minimum Gasteiger partial charge on any atom is -0.348 e. The van der Waals surface area contributed by atoms with E-state index in [1.54, 1.807) is 6.92 Å². The van der Waals surface area contributed by atoms with Crippen molar-refractivity contribution in [1.29, 1.82) is 5.41 Å². The summed E-state index contributed by atoms with van der Waals surface area (Å²) in [6.45, 7) is 4.23. The van der Waals surface area contributed by atoms with Gasteiger partial charge in [-0.05, 0) is 25.5 Å². The van der Waals surface area contributed by atoms with Crippen LogP contribution < -0.4 is 5.32 Å². The molecule has 84 valence electrons. The maximum Gasteiger partial charge on any atom is 0.247 e. The first-order valence-electron chi connectivity index (χ1n) is 5.14. The molecule has 1 amide bonds. The van der Waals surface area contributed by atoms with Crippen molar-refractivity contribution in [3.05, 3.63) is 47.0 Å². The second-order valence-electron chi connectivity index (χ2n) is 3.69. The van der Waals surface area contributed by atoms with E-state index in [1.165, 1.54) is 11.6 Å². The maximum absolute atomic E-state index is 11.5. The van der Waals surface area contributed by atoms with Crippen molar-refractivity contribution in [2.75, 3.05) is 0 Å². The lowest BCUT2D eigenvalue weighted by molar-refractivity contribution is -0.117. The molecule has 0 radical (unpaired) electrons. The number of carbonyl (C=O) groups is 1. The summed E-state index contributed by atoms with van der Waals surface area (Å²) in [7, 11) is 0. The fourth-order valence-corrected chi connectivity index (χ4v) is 1.34. The van der Waals surface area contributed by atoms with E-state index in [2.05, 4.69) is 5.32 Å². The van der Waals surface area contributed by atoms with Crippen LogP contribution in [0.25, 0.3) is 0 Å². The van der Waals surface area contributed by atoms with Gasteiger partial charge < -0.3 is 10.7 Å². The lowest BCUT2D eigenvalue weighted by atomic mass is 10.1. The fraction of sp³-hybridized carbons (Fsp3) is 0.231. The second kappa shape index (κ2) is 5.85. The number of carbonyl (C=O) groups excluding carboxylic acids is 1. The smallest absolute Gasteiger partial charge is 0.247 e. The predicted molar refractivity (Wildman–Crippen MR) is 65.6 cm³/mol. The Morgan fingerprint density at radius 3 is 2.88 bits per heavy atom. The van der Waals surface area contributed by atoms with Gasteiger partial charge in [-0.2, -0.15) is 0 Å². The van der Waals surface area contributed by atoms with Crippen LogP contribution in [0.15, 0.2) is 35.9 Å². The molecule has 0 saturated heterocycles. The first-order chi connectivity index (χ1) is 7.63. The fourth-order valence-electron chi connectivity index (χ4n) is 1.34. The standard InChI is InChI=1S/C13H16N2O/c1-10-4-3-5-12(8-10)9-15-13(16)11(2)6-7-14/h3-8,14H,9H2,1-2H3,(H,15,16)/b11-6-,14-7?. The number of amides is 1. The van der Waals surface area contributed by atoms with Crippen molar-refractivity contribution in [3.8, 4) is 0 Å². The molecular weight excluding hydrogens is 200 g/mol. The highest BCUT2D eigenvalue weighted by molar-refractivity contribution is 5.96. The Morgan fingerprint density at radius 2 is 2.25 bits per heavy atom. The molecule has 2 N–H and O–H groups in total. The van der Waals surface area contributed by atoms with Crippen LogP contribution in [-0.2, 0) is 11.3 Å². The number of hydrogen-bond donors (Lipinski definition) is 2. The Balaban J connectivity index is 2.55. The SMILES string of the molecule is C/C(=C/C=N)C(=O)NCc1cccc(C)c1. The molecule has 0 aliphatic carbocycles. The molecule has 0 bridgehead atoms. The van der Waals surface area contributed by atoms with Gasteiger partial charge >= 0.3 is 0 Å². The molecule has 16 heavy (non-hydrogen) atoms. The van der Waals surface area contributed by atoms with Gasteiger partial charge in [0.15, 0.2) is 0 Å². The van der Waals surface area contributed by atoms with Crippen molar-refractivity contribution in [1.82, 2.24) is 5.32 Å². The molecule has 3 nitrogen and oxygen atoms in total. The number of hydrogen-bond acceptors (Lipinski definition) is 2. The van der Waals surface area contributed by atoms with Crippen molar-refractivity contribution in [2.45, 2.75) is 20.4 Å². The third-order valence-corrected chi connectivity index (χ3v) is 2.23. The summed E-state index contributed by atoms with van der Waals surface area (Å²) >= 11 is 0. The topological polar surface area (TPSA) is 53.0 Å². The van der Waals surface area contributed by atoms with Gasteiger partial charge in [-0.15, -0.1) is 0 Å². The van der Waals surface area contributed by atoms with Gasteiger partial charge in [-0.1, -0.05) is 29.8 Å². The number of aryl methyl sites for hydroxylation is 1. The molecule has 0 spiro atoms. The number of nitrogens with one attached hydrogen (secondary N) is 2. The van der Waals surface area contributed by atoms with E-state index in [0.29, 0.717) is 12.1 Å². The zero-order chi connectivity index (χ0) is 12.0. The number of rotatable bonds is 4. The lowest BCUT2D eigenvalue weighted by Crippen LogP contribution is -2.23. The van der Waals surface area contributed by atoms with E-state index in [1.807, 2.05) is 31.2 Å². The zero-order valence-corrected chi connectivity index (χ0v) is 9.58. The predicted octanol–water partition coefficient (Wildman–Crippen LogP) is 2.21. The monoisotopic (exact) mass is 216 g/mol. The molecule has 1 aromatic carbocycles. The third-order valence-electron chi connectivity index (χ3n) is 2.23. The Morgan fingerprint density at radius 1 is 1.50 bits per heavy atom. The number of benzene rings is 1. The summed E-state index contributed by atoms with van der Waals surface area (Å²) in [6.07, 6.45) is 2.59. The third kappa shape index (κ3) is 3.69. The van der Waals surface area contributed by atoms with Gasteiger partial charge in [0.1, 0.15) is 0 Å². The van der Waals surface area contributed by atoms with Crippen molar-refractivity contribution >= 4 is 12.1 Å². The second-order valence-corrected chi connectivity index (χ2v) is 3.69. The zero-order valence-electron chi connectivity index (χ0n) is 9.58. The van der Waals surface area contributed by atoms with Crippen LogP contribution in [0, 0.1) is 12.3 Å². The van der Waals surface area contributed by atoms with Gasteiger partial charge in [0.25, 0.3) is 0 Å². The van der Waals surface area contributed by atoms with Crippen LogP contribution >= 0.6 is 0 Å². The average Bonchev–Trinajstić information content (AvgIpc) is 2.26. The average molecular weight is 216 g/mol. The van der Waals surface area contributed by atoms with E-state index >= 15 is 0 Å². The first kappa shape index (κ1) is 12.2. The minimum atomic E-state index is -0.134. The molecule has 0 heterocycles. The van der Waals surface area contributed by atoms with Crippen LogP contribution in [0.4, 0.5) is 0 Å². The Kier molecular flexibility index (Phi) is 4.45. The molecule has 0 saturated carbocycles. The van der Waals surface area contributed by atoms with Gasteiger partial charge in [0, 0.05) is 18.3 Å². The van der Waals surface area contributed by atoms with Crippen molar-refractivity contribution in [2.24, 2.45) is 0 Å². The molecule has 0 aromatic heterocycles. The number of allylic oxidation sites excluding steroid dienone is 1. The highest BCUT2D eigenvalue weighted by Crippen LogP contribution is 2.03. The van der Waals surface area contributed by atoms with Gasteiger partial charge in [-0.3, -0.25) is 4.79 Å². The van der Waals surface area contributed by atoms with Crippen LogP contribution in [0.2, 0.25) is 0 Å². The van der Waals surface area contributed by atoms with Crippen LogP contribution in [0.3, 0.4) is 0 Å². The van der Waals surface area contributed by atoms with Gasteiger partial charge in [0.2, 0.25) is 5.91 Å². The summed E-state index contributed by atoms with van der Waals surface area (Å²) in [6, 6.07) is 8.00. The molecule has 0 unspecified atom stereocenters. The van der Waals surface area contributed by atoms with E-state index in [4.69, 9.17) is 5.41 Å². The highest BCUT2D eigenvalue weighted by Gasteiger charge is 2.02. The summed E-state index contributed by atoms with van der Waals surface area (Å²) in [4.78, 5) is 11.5. The molecule has 1 rings (SSSR count). The van der Waals surface area contributed by atoms with Crippen LogP contribution in [-0.4, -0.2) is 12.1 Å². The van der Waals surface area contributed by atoms with E-state index in [-0.39, 0.29) is 5.91 Å².